The lowest BCUT2D eigenvalue weighted by molar-refractivity contribution is -0.163. The molecule has 3 rings (SSSR count). The second-order valence-corrected chi connectivity index (χ2v) is 6.61. The van der Waals surface area contributed by atoms with Crippen LogP contribution in [0.25, 0.3) is 0 Å². The van der Waals surface area contributed by atoms with Gasteiger partial charge in [-0.3, -0.25) is 19.5 Å². The van der Waals surface area contributed by atoms with E-state index >= 15 is 0 Å². The molecule has 154 valence electrons. The number of nitrogens with one attached hydrogen (secondary N) is 1. The molecule has 1 saturated heterocycles. The first-order chi connectivity index (χ1) is 13.6. The van der Waals surface area contributed by atoms with Gasteiger partial charge in [0, 0.05) is 6.20 Å². The van der Waals surface area contributed by atoms with Gasteiger partial charge in [-0.1, -0.05) is 6.07 Å². The molecule has 11 heteroatoms. The van der Waals surface area contributed by atoms with Crippen LogP contribution in [0.2, 0.25) is 0 Å². The van der Waals surface area contributed by atoms with E-state index in [4.69, 9.17) is 4.42 Å². The number of urea groups is 1. The minimum Gasteiger partial charge on any atom is -0.467 e. The summed E-state index contributed by atoms with van der Waals surface area (Å²) in [5.74, 6) is -1.69. The zero-order valence-corrected chi connectivity index (χ0v) is 15.3. The van der Waals surface area contributed by atoms with Gasteiger partial charge >= 0.3 is 12.2 Å². The SMILES string of the molecule is CC1(c2ccccn2)NC(=O)N(CC(=O)N(Cc2ccco2)CC(F)(F)F)C1=O. The Bertz CT molecular complexity index is 902. The van der Waals surface area contributed by atoms with Gasteiger partial charge in [0.05, 0.1) is 18.5 Å². The summed E-state index contributed by atoms with van der Waals surface area (Å²) in [5.41, 5.74) is -1.27. The number of alkyl halides is 3. The Morgan fingerprint density at radius 2 is 2.03 bits per heavy atom. The number of furan rings is 1. The number of amides is 4. The maximum Gasteiger partial charge on any atom is 0.406 e. The summed E-state index contributed by atoms with van der Waals surface area (Å²) < 4.78 is 43.7. The minimum absolute atomic E-state index is 0.137. The van der Waals surface area contributed by atoms with Crippen molar-refractivity contribution in [3.05, 3.63) is 54.2 Å². The Morgan fingerprint density at radius 3 is 2.62 bits per heavy atom. The maximum atomic E-state index is 12.9. The van der Waals surface area contributed by atoms with Crippen molar-refractivity contribution in [2.24, 2.45) is 0 Å². The third kappa shape index (κ3) is 4.39. The first-order valence-corrected chi connectivity index (χ1v) is 8.53. The molecule has 1 fully saturated rings. The van der Waals surface area contributed by atoms with E-state index in [0.29, 0.717) is 9.80 Å². The first-order valence-electron chi connectivity index (χ1n) is 8.53. The van der Waals surface area contributed by atoms with Crippen LogP contribution in [0.15, 0.2) is 47.2 Å². The van der Waals surface area contributed by atoms with Crippen LogP contribution in [0, 0.1) is 0 Å². The van der Waals surface area contributed by atoms with Crippen LogP contribution in [-0.4, -0.2) is 51.9 Å². The van der Waals surface area contributed by atoms with Crippen molar-refractivity contribution in [1.29, 1.82) is 0 Å². The van der Waals surface area contributed by atoms with Crippen molar-refractivity contribution < 1.29 is 32.0 Å². The van der Waals surface area contributed by atoms with Gasteiger partial charge in [-0.25, -0.2) is 4.79 Å². The molecule has 0 radical (unpaired) electrons. The maximum absolute atomic E-state index is 12.9. The van der Waals surface area contributed by atoms with Crippen molar-refractivity contribution in [2.45, 2.75) is 25.2 Å². The molecule has 2 aromatic heterocycles. The van der Waals surface area contributed by atoms with Gasteiger partial charge in [-0.05, 0) is 31.2 Å². The van der Waals surface area contributed by atoms with Gasteiger partial charge in [-0.15, -0.1) is 0 Å². The molecule has 1 N–H and O–H groups in total. The van der Waals surface area contributed by atoms with E-state index in [1.54, 1.807) is 12.1 Å². The summed E-state index contributed by atoms with van der Waals surface area (Å²) in [5, 5.41) is 2.45. The zero-order valence-electron chi connectivity index (χ0n) is 15.3. The highest BCUT2D eigenvalue weighted by Crippen LogP contribution is 2.27. The fourth-order valence-corrected chi connectivity index (χ4v) is 2.95. The monoisotopic (exact) mass is 410 g/mol. The quantitative estimate of drug-likeness (QED) is 0.736. The van der Waals surface area contributed by atoms with E-state index in [9.17, 15) is 27.6 Å². The van der Waals surface area contributed by atoms with E-state index in [0.717, 1.165) is 0 Å². The van der Waals surface area contributed by atoms with Gasteiger partial charge in [0.2, 0.25) is 5.91 Å². The summed E-state index contributed by atoms with van der Waals surface area (Å²) >= 11 is 0. The lowest BCUT2D eigenvalue weighted by atomic mass is 9.97. The Labute approximate surface area is 163 Å². The predicted molar refractivity (Wildman–Crippen MR) is 92.0 cm³/mol. The highest BCUT2D eigenvalue weighted by atomic mass is 19.4. The molecule has 0 bridgehead atoms. The van der Waals surface area contributed by atoms with Crippen molar-refractivity contribution in [1.82, 2.24) is 20.1 Å². The molecule has 0 saturated carbocycles. The molecule has 0 aromatic carbocycles. The topological polar surface area (TPSA) is 95.8 Å². The van der Waals surface area contributed by atoms with Crippen LogP contribution < -0.4 is 5.32 Å². The summed E-state index contributed by atoms with van der Waals surface area (Å²) in [7, 11) is 0. The number of aromatic nitrogens is 1. The number of imide groups is 1. The van der Waals surface area contributed by atoms with E-state index < -0.39 is 49.2 Å². The van der Waals surface area contributed by atoms with Crippen molar-refractivity contribution >= 4 is 17.8 Å². The molecular weight excluding hydrogens is 393 g/mol. The Balaban J connectivity index is 1.78. The number of nitrogens with zero attached hydrogens (tertiary/aromatic N) is 3. The summed E-state index contributed by atoms with van der Waals surface area (Å²) in [6, 6.07) is 6.77. The van der Waals surface area contributed by atoms with Crippen LogP contribution >= 0.6 is 0 Å². The number of rotatable bonds is 6. The summed E-state index contributed by atoms with van der Waals surface area (Å²) in [6.07, 6.45) is -1.97. The molecule has 2 aromatic rings. The smallest absolute Gasteiger partial charge is 0.406 e. The molecule has 4 amide bonds. The minimum atomic E-state index is -4.66. The number of halogens is 3. The van der Waals surface area contributed by atoms with Crippen LogP contribution in [0.1, 0.15) is 18.4 Å². The molecular formula is C18H17F3N4O4. The lowest BCUT2D eigenvalue weighted by Crippen LogP contribution is -2.46. The fourth-order valence-electron chi connectivity index (χ4n) is 2.95. The summed E-state index contributed by atoms with van der Waals surface area (Å²) in [6.45, 7) is -1.43. The average Bonchev–Trinajstić information content (AvgIpc) is 3.24. The van der Waals surface area contributed by atoms with Crippen LogP contribution in [0.3, 0.4) is 0 Å². The molecule has 8 nitrogen and oxygen atoms in total. The van der Waals surface area contributed by atoms with E-state index in [1.807, 2.05) is 0 Å². The highest BCUT2D eigenvalue weighted by Gasteiger charge is 2.51. The largest absolute Gasteiger partial charge is 0.467 e. The number of carbonyl (C=O) groups is 3. The summed E-state index contributed by atoms with van der Waals surface area (Å²) in [4.78, 5) is 42.7. The van der Waals surface area contributed by atoms with Gasteiger partial charge in [-0.2, -0.15) is 13.2 Å². The first kappa shape index (κ1) is 20.4. The second kappa shape index (κ2) is 7.57. The Hall–Kier alpha value is -3.37. The van der Waals surface area contributed by atoms with Crippen molar-refractivity contribution in [3.8, 4) is 0 Å². The average molecular weight is 410 g/mol. The Kier molecular flexibility index (Phi) is 5.31. The predicted octanol–water partition coefficient (Wildman–Crippen LogP) is 2.03. The molecule has 29 heavy (non-hydrogen) atoms. The lowest BCUT2D eigenvalue weighted by Gasteiger charge is -2.25. The normalized spacial score (nSPS) is 19.4. The standard InChI is InChI=1S/C18H17F3N4O4/c1-17(13-6-2-3-7-22-13)15(27)25(16(28)23-17)10-14(26)24(11-18(19,20)21)9-12-5-4-8-29-12/h2-8H,9-11H2,1H3,(H,23,28). The highest BCUT2D eigenvalue weighted by molar-refractivity contribution is 6.08. The second-order valence-electron chi connectivity index (χ2n) is 6.61. The molecule has 0 aliphatic carbocycles. The molecule has 1 aliphatic heterocycles. The van der Waals surface area contributed by atoms with Gasteiger partial charge in [0.15, 0.2) is 5.54 Å². The van der Waals surface area contributed by atoms with Crippen LogP contribution in [0.4, 0.5) is 18.0 Å². The van der Waals surface area contributed by atoms with Gasteiger partial charge in [0.25, 0.3) is 5.91 Å². The number of carbonyl (C=O) groups excluding carboxylic acids is 3. The van der Waals surface area contributed by atoms with Gasteiger partial charge in [0.1, 0.15) is 18.8 Å². The third-order valence-electron chi connectivity index (χ3n) is 4.40. The van der Waals surface area contributed by atoms with Crippen LogP contribution in [0.5, 0.6) is 0 Å². The molecule has 1 atom stereocenters. The number of pyridine rings is 1. The molecule has 1 aliphatic rings. The van der Waals surface area contributed by atoms with E-state index in [-0.39, 0.29) is 11.5 Å². The Morgan fingerprint density at radius 1 is 1.28 bits per heavy atom. The van der Waals surface area contributed by atoms with E-state index in [2.05, 4.69) is 10.3 Å². The fraction of sp³-hybridized carbons (Fsp3) is 0.333. The number of hydrogen-bond acceptors (Lipinski definition) is 5. The van der Waals surface area contributed by atoms with Crippen molar-refractivity contribution in [2.75, 3.05) is 13.1 Å². The zero-order chi connectivity index (χ0) is 21.2. The van der Waals surface area contributed by atoms with Gasteiger partial charge < -0.3 is 14.6 Å². The third-order valence-corrected chi connectivity index (χ3v) is 4.40. The molecule has 3 heterocycles. The molecule has 0 spiro atoms. The molecule has 1 unspecified atom stereocenters. The van der Waals surface area contributed by atoms with E-state index in [1.165, 1.54) is 37.6 Å². The number of hydrogen-bond donors (Lipinski definition) is 1. The van der Waals surface area contributed by atoms with Crippen molar-refractivity contribution in [3.63, 3.8) is 0 Å². The van der Waals surface area contributed by atoms with Crippen LogP contribution in [-0.2, 0) is 21.7 Å².